The summed E-state index contributed by atoms with van der Waals surface area (Å²) in [5.74, 6) is -0.189. The van der Waals surface area contributed by atoms with Crippen LogP contribution in [0.4, 0.5) is 0 Å². The number of hydrogen-bond donors (Lipinski definition) is 2. The number of likely N-dealkylation sites (tertiary alicyclic amines) is 1. The normalized spacial score (nSPS) is 17.0. The lowest BCUT2D eigenvalue weighted by Gasteiger charge is -2.24. The molecule has 1 aliphatic rings. The largest absolute Gasteiger partial charge is 0.395 e. The molecule has 5 heteroatoms. The molecular weight excluding hydrogens is 326 g/mol. The highest BCUT2D eigenvalue weighted by molar-refractivity contribution is 5.94. The van der Waals surface area contributed by atoms with E-state index in [-0.39, 0.29) is 18.6 Å². The minimum atomic E-state index is -0.189. The lowest BCUT2D eigenvalue weighted by molar-refractivity contribution is 0.0950. The average molecular weight is 349 g/mol. The van der Waals surface area contributed by atoms with Crippen LogP contribution in [0.5, 0.6) is 0 Å². The van der Waals surface area contributed by atoms with Gasteiger partial charge in [0.2, 0.25) is 0 Å². The Morgan fingerprint density at radius 3 is 2.81 bits per heavy atom. The van der Waals surface area contributed by atoms with Gasteiger partial charge in [-0.2, -0.15) is 5.26 Å². The van der Waals surface area contributed by atoms with Crippen LogP contribution < -0.4 is 5.32 Å². The fraction of sp³-hybridized carbons (Fsp3) is 0.333. The standard InChI is InChI=1S/C21H23N3O2/c22-12-16-5-3-8-17(11-16)21(26)23-13-18-6-1-2-7-19(18)14-24-10-4-9-20(24)15-25/h1-3,5-8,11,20,25H,4,9-10,13-15H2,(H,23,26). The Hall–Kier alpha value is -2.68. The number of carbonyl (C=O) groups excluding carboxylic acids is 1. The maximum absolute atomic E-state index is 12.4. The van der Waals surface area contributed by atoms with Crippen molar-refractivity contribution in [2.75, 3.05) is 13.2 Å². The third kappa shape index (κ3) is 4.29. The summed E-state index contributed by atoms with van der Waals surface area (Å²) in [5.41, 5.74) is 3.20. The summed E-state index contributed by atoms with van der Waals surface area (Å²) in [5, 5.41) is 21.4. The maximum atomic E-state index is 12.4. The number of nitriles is 1. The van der Waals surface area contributed by atoms with Crippen molar-refractivity contribution < 1.29 is 9.90 Å². The number of benzene rings is 2. The second kappa shape index (κ2) is 8.61. The summed E-state index contributed by atoms with van der Waals surface area (Å²) in [7, 11) is 0. The second-order valence-electron chi connectivity index (χ2n) is 6.59. The molecule has 0 bridgehead atoms. The van der Waals surface area contributed by atoms with Crippen molar-refractivity contribution in [2.24, 2.45) is 0 Å². The summed E-state index contributed by atoms with van der Waals surface area (Å²) in [6, 6.07) is 17.0. The van der Waals surface area contributed by atoms with Gasteiger partial charge in [0, 0.05) is 24.7 Å². The van der Waals surface area contributed by atoms with E-state index >= 15 is 0 Å². The zero-order chi connectivity index (χ0) is 18.4. The molecule has 5 nitrogen and oxygen atoms in total. The number of nitrogens with zero attached hydrogens (tertiary/aromatic N) is 2. The minimum absolute atomic E-state index is 0.189. The topological polar surface area (TPSA) is 76.4 Å². The van der Waals surface area contributed by atoms with Crippen molar-refractivity contribution in [1.29, 1.82) is 5.26 Å². The molecule has 1 unspecified atom stereocenters. The molecule has 134 valence electrons. The predicted octanol–water partition coefficient (Wildman–Crippen LogP) is 2.44. The lowest BCUT2D eigenvalue weighted by atomic mass is 10.1. The smallest absolute Gasteiger partial charge is 0.251 e. The van der Waals surface area contributed by atoms with Crippen LogP contribution in [0.2, 0.25) is 0 Å². The van der Waals surface area contributed by atoms with Crippen LogP contribution in [0.15, 0.2) is 48.5 Å². The Morgan fingerprint density at radius 1 is 1.23 bits per heavy atom. The number of aliphatic hydroxyl groups excluding tert-OH is 1. The molecule has 2 aromatic rings. The minimum Gasteiger partial charge on any atom is -0.395 e. The van der Waals surface area contributed by atoms with E-state index in [0.717, 1.165) is 31.5 Å². The van der Waals surface area contributed by atoms with E-state index < -0.39 is 0 Å². The molecule has 1 fully saturated rings. The Kier molecular flexibility index (Phi) is 6.00. The summed E-state index contributed by atoms with van der Waals surface area (Å²) < 4.78 is 0. The van der Waals surface area contributed by atoms with Crippen molar-refractivity contribution in [2.45, 2.75) is 32.0 Å². The highest BCUT2D eigenvalue weighted by atomic mass is 16.3. The van der Waals surface area contributed by atoms with E-state index in [1.165, 1.54) is 5.56 Å². The average Bonchev–Trinajstić information content (AvgIpc) is 3.14. The molecule has 1 heterocycles. The number of amides is 1. The Labute approximate surface area is 153 Å². The molecule has 1 aliphatic heterocycles. The first-order valence-electron chi connectivity index (χ1n) is 8.91. The number of rotatable bonds is 6. The van der Waals surface area contributed by atoms with Crippen molar-refractivity contribution in [3.63, 3.8) is 0 Å². The van der Waals surface area contributed by atoms with Gasteiger partial charge in [-0.1, -0.05) is 30.3 Å². The first-order chi connectivity index (χ1) is 12.7. The first kappa shape index (κ1) is 18.1. The summed E-state index contributed by atoms with van der Waals surface area (Å²) >= 11 is 0. The molecule has 2 aromatic carbocycles. The third-order valence-electron chi connectivity index (χ3n) is 4.89. The molecule has 0 radical (unpaired) electrons. The van der Waals surface area contributed by atoms with Crippen LogP contribution in [0.25, 0.3) is 0 Å². The van der Waals surface area contributed by atoms with Crippen LogP contribution in [0.1, 0.15) is 39.9 Å². The third-order valence-corrected chi connectivity index (χ3v) is 4.89. The Bertz CT molecular complexity index is 813. The van der Waals surface area contributed by atoms with Gasteiger partial charge in [0.15, 0.2) is 0 Å². The Morgan fingerprint density at radius 2 is 2.04 bits per heavy atom. The van der Waals surface area contributed by atoms with Crippen molar-refractivity contribution >= 4 is 5.91 Å². The zero-order valence-corrected chi connectivity index (χ0v) is 14.7. The highest BCUT2D eigenvalue weighted by Crippen LogP contribution is 2.21. The van der Waals surface area contributed by atoms with E-state index in [9.17, 15) is 9.90 Å². The van der Waals surface area contributed by atoms with Crippen LogP contribution >= 0.6 is 0 Å². The van der Waals surface area contributed by atoms with Crippen molar-refractivity contribution in [3.05, 3.63) is 70.8 Å². The maximum Gasteiger partial charge on any atom is 0.251 e. The molecule has 1 atom stereocenters. The van der Waals surface area contributed by atoms with Crippen LogP contribution in [-0.2, 0) is 13.1 Å². The van der Waals surface area contributed by atoms with Crippen molar-refractivity contribution in [1.82, 2.24) is 10.2 Å². The SMILES string of the molecule is N#Cc1cccc(C(=O)NCc2ccccc2CN2CCCC2CO)c1. The lowest BCUT2D eigenvalue weighted by Crippen LogP contribution is -2.32. The molecule has 1 amide bonds. The number of aliphatic hydroxyl groups is 1. The van der Waals surface area contributed by atoms with Gasteiger partial charge in [0.25, 0.3) is 5.91 Å². The summed E-state index contributed by atoms with van der Waals surface area (Å²) in [6.45, 7) is 2.39. The van der Waals surface area contributed by atoms with Gasteiger partial charge < -0.3 is 10.4 Å². The molecule has 0 aliphatic carbocycles. The number of hydrogen-bond acceptors (Lipinski definition) is 4. The molecule has 0 aromatic heterocycles. The number of nitrogens with one attached hydrogen (secondary N) is 1. The monoisotopic (exact) mass is 349 g/mol. The molecular formula is C21H23N3O2. The fourth-order valence-electron chi connectivity index (χ4n) is 3.42. The van der Waals surface area contributed by atoms with Gasteiger partial charge >= 0.3 is 0 Å². The molecule has 2 N–H and O–H groups in total. The van der Waals surface area contributed by atoms with Gasteiger partial charge in [0.05, 0.1) is 18.2 Å². The van der Waals surface area contributed by atoms with Gasteiger partial charge in [-0.25, -0.2) is 0 Å². The molecule has 0 spiro atoms. The van der Waals surface area contributed by atoms with Crippen molar-refractivity contribution in [3.8, 4) is 6.07 Å². The van der Waals surface area contributed by atoms with Gasteiger partial charge in [-0.15, -0.1) is 0 Å². The van der Waals surface area contributed by atoms with E-state index in [1.54, 1.807) is 24.3 Å². The molecule has 1 saturated heterocycles. The number of carbonyl (C=O) groups is 1. The quantitative estimate of drug-likeness (QED) is 0.840. The first-order valence-corrected chi connectivity index (χ1v) is 8.91. The highest BCUT2D eigenvalue weighted by Gasteiger charge is 2.24. The summed E-state index contributed by atoms with van der Waals surface area (Å²) in [4.78, 5) is 14.7. The van der Waals surface area contributed by atoms with E-state index in [2.05, 4.69) is 16.3 Å². The van der Waals surface area contributed by atoms with E-state index in [4.69, 9.17) is 5.26 Å². The van der Waals surface area contributed by atoms with Crippen LogP contribution in [-0.4, -0.2) is 35.1 Å². The fourth-order valence-corrected chi connectivity index (χ4v) is 3.42. The predicted molar refractivity (Wildman–Crippen MR) is 99.3 cm³/mol. The second-order valence-corrected chi connectivity index (χ2v) is 6.59. The Balaban J connectivity index is 1.66. The van der Waals surface area contributed by atoms with Gasteiger partial charge in [0.1, 0.15) is 0 Å². The van der Waals surface area contributed by atoms with Gasteiger partial charge in [-0.3, -0.25) is 9.69 Å². The molecule has 0 saturated carbocycles. The summed E-state index contributed by atoms with van der Waals surface area (Å²) in [6.07, 6.45) is 2.14. The van der Waals surface area contributed by atoms with E-state index in [1.807, 2.05) is 24.3 Å². The zero-order valence-electron chi connectivity index (χ0n) is 14.7. The van der Waals surface area contributed by atoms with Crippen LogP contribution in [0.3, 0.4) is 0 Å². The molecule has 26 heavy (non-hydrogen) atoms. The van der Waals surface area contributed by atoms with Gasteiger partial charge in [-0.05, 0) is 48.7 Å². The van der Waals surface area contributed by atoms with Crippen LogP contribution in [0, 0.1) is 11.3 Å². The van der Waals surface area contributed by atoms with E-state index in [0.29, 0.717) is 17.7 Å². The molecule has 3 rings (SSSR count).